The van der Waals surface area contributed by atoms with E-state index in [1.54, 1.807) is 36.3 Å². The highest BCUT2D eigenvalue weighted by Gasteiger charge is 2.31. The molecule has 1 aliphatic heterocycles. The predicted octanol–water partition coefficient (Wildman–Crippen LogP) is 4.33. The highest BCUT2D eigenvalue weighted by Crippen LogP contribution is 2.26. The van der Waals surface area contributed by atoms with Gasteiger partial charge in [0.2, 0.25) is 0 Å². The van der Waals surface area contributed by atoms with E-state index in [0.717, 1.165) is 12.1 Å². The van der Waals surface area contributed by atoms with Crippen molar-refractivity contribution < 1.29 is 32.2 Å². The molecule has 154 valence electrons. The number of piperidine rings is 1. The molecule has 0 spiro atoms. The Morgan fingerprint density at radius 1 is 0.897 bits per heavy atom. The summed E-state index contributed by atoms with van der Waals surface area (Å²) < 4.78 is 45.6. The number of hydrogen-bond acceptors (Lipinski definition) is 4. The maximum Gasteiger partial charge on any atom is 0.573 e. The summed E-state index contributed by atoms with van der Waals surface area (Å²) in [5.74, 6) is -0.117. The molecular weight excluding hydrogens is 387 g/mol. The summed E-state index contributed by atoms with van der Waals surface area (Å²) in [4.78, 5) is 26.8. The summed E-state index contributed by atoms with van der Waals surface area (Å²) in [5.41, 5.74) is 0.885. The molecule has 5 nitrogen and oxygen atoms in total. The molecule has 3 rings (SSSR count). The lowest BCUT2D eigenvalue weighted by atomic mass is 9.88. The fraction of sp³-hybridized carbons (Fsp3) is 0.333. The van der Waals surface area contributed by atoms with Gasteiger partial charge in [0.05, 0.1) is 7.11 Å². The first kappa shape index (κ1) is 20.7. The Labute approximate surface area is 166 Å². The quantitative estimate of drug-likeness (QED) is 0.693. The number of halogens is 3. The lowest BCUT2D eigenvalue weighted by molar-refractivity contribution is -0.274. The van der Waals surface area contributed by atoms with Crippen LogP contribution >= 0.6 is 0 Å². The van der Waals surface area contributed by atoms with Crippen LogP contribution in [0.5, 0.6) is 11.5 Å². The minimum atomic E-state index is -4.77. The van der Waals surface area contributed by atoms with E-state index in [2.05, 4.69) is 4.74 Å². The van der Waals surface area contributed by atoms with Gasteiger partial charge in [-0.1, -0.05) is 0 Å². The van der Waals surface area contributed by atoms with Crippen LogP contribution in [-0.2, 0) is 0 Å². The molecule has 0 radical (unpaired) electrons. The number of amides is 1. The van der Waals surface area contributed by atoms with Crippen molar-refractivity contribution in [1.29, 1.82) is 0 Å². The van der Waals surface area contributed by atoms with Crippen molar-refractivity contribution in [2.45, 2.75) is 19.2 Å². The van der Waals surface area contributed by atoms with Gasteiger partial charge in [-0.3, -0.25) is 9.59 Å². The monoisotopic (exact) mass is 407 g/mol. The van der Waals surface area contributed by atoms with Crippen LogP contribution in [0.1, 0.15) is 33.6 Å². The minimum Gasteiger partial charge on any atom is -0.497 e. The molecule has 0 bridgehead atoms. The van der Waals surface area contributed by atoms with Crippen molar-refractivity contribution in [3.63, 3.8) is 0 Å². The topological polar surface area (TPSA) is 55.8 Å². The van der Waals surface area contributed by atoms with Crippen molar-refractivity contribution in [2.75, 3.05) is 20.2 Å². The molecule has 8 heteroatoms. The first-order valence-electron chi connectivity index (χ1n) is 9.10. The van der Waals surface area contributed by atoms with Crippen LogP contribution in [-0.4, -0.2) is 43.2 Å². The van der Waals surface area contributed by atoms with Crippen molar-refractivity contribution in [1.82, 2.24) is 4.90 Å². The lowest BCUT2D eigenvalue weighted by Crippen LogP contribution is -2.40. The zero-order chi connectivity index (χ0) is 21.0. The first-order valence-corrected chi connectivity index (χ1v) is 9.10. The fourth-order valence-electron chi connectivity index (χ4n) is 3.32. The van der Waals surface area contributed by atoms with Gasteiger partial charge in [0.25, 0.3) is 5.91 Å². The van der Waals surface area contributed by atoms with Crippen molar-refractivity contribution >= 4 is 11.7 Å². The second kappa shape index (κ2) is 8.55. The van der Waals surface area contributed by atoms with Crippen molar-refractivity contribution in [2.24, 2.45) is 5.92 Å². The maximum atomic E-state index is 12.6. The van der Waals surface area contributed by atoms with Gasteiger partial charge < -0.3 is 14.4 Å². The summed E-state index contributed by atoms with van der Waals surface area (Å²) in [6, 6.07) is 11.7. The van der Waals surface area contributed by atoms with Crippen LogP contribution in [0.25, 0.3) is 0 Å². The van der Waals surface area contributed by atoms with E-state index in [9.17, 15) is 22.8 Å². The molecule has 29 heavy (non-hydrogen) atoms. The van der Waals surface area contributed by atoms with Crippen LogP contribution in [0.15, 0.2) is 48.5 Å². The number of methoxy groups -OCH3 is 1. The van der Waals surface area contributed by atoms with E-state index < -0.39 is 6.36 Å². The SMILES string of the molecule is COc1ccc(C(=O)C2CCN(C(=O)c3ccc(OC(F)(F)F)cc3)CC2)cc1. The van der Waals surface area contributed by atoms with E-state index in [1.165, 1.54) is 12.1 Å². The standard InChI is InChI=1S/C21H20F3NO4/c1-28-17-6-2-14(3-7-17)19(26)15-10-12-25(13-11-15)20(27)16-4-8-18(9-5-16)29-21(22,23)24/h2-9,15H,10-13H2,1H3. The van der Waals surface area contributed by atoms with Crippen LogP contribution in [0.3, 0.4) is 0 Å². The van der Waals surface area contributed by atoms with Crippen molar-refractivity contribution in [3.05, 3.63) is 59.7 Å². The molecule has 1 saturated heterocycles. The fourth-order valence-corrected chi connectivity index (χ4v) is 3.32. The lowest BCUT2D eigenvalue weighted by Gasteiger charge is -2.31. The number of carbonyl (C=O) groups excluding carboxylic acids is 2. The Morgan fingerprint density at radius 3 is 1.93 bits per heavy atom. The molecule has 0 aliphatic carbocycles. The van der Waals surface area contributed by atoms with E-state index >= 15 is 0 Å². The Balaban J connectivity index is 1.57. The number of hydrogen-bond donors (Lipinski definition) is 0. The number of ketones is 1. The molecule has 0 N–H and O–H groups in total. The van der Waals surface area contributed by atoms with Crippen LogP contribution in [0.4, 0.5) is 13.2 Å². The van der Waals surface area contributed by atoms with Gasteiger partial charge in [-0.15, -0.1) is 13.2 Å². The molecule has 0 saturated carbocycles. The zero-order valence-corrected chi connectivity index (χ0v) is 15.7. The molecule has 2 aromatic carbocycles. The molecule has 1 aliphatic rings. The number of carbonyl (C=O) groups is 2. The summed E-state index contributed by atoms with van der Waals surface area (Å²) >= 11 is 0. The van der Waals surface area contributed by atoms with E-state index in [4.69, 9.17) is 4.74 Å². The van der Waals surface area contributed by atoms with E-state index in [1.807, 2.05) is 0 Å². The minimum absolute atomic E-state index is 0.0356. The Morgan fingerprint density at radius 2 is 1.41 bits per heavy atom. The van der Waals surface area contributed by atoms with Gasteiger partial charge >= 0.3 is 6.36 Å². The maximum absolute atomic E-state index is 12.6. The molecular formula is C21H20F3NO4. The third-order valence-electron chi connectivity index (χ3n) is 4.86. The van der Waals surface area contributed by atoms with Gasteiger partial charge in [-0.05, 0) is 61.4 Å². The van der Waals surface area contributed by atoms with Gasteiger partial charge in [0, 0.05) is 30.1 Å². The number of ether oxygens (including phenoxy) is 2. The van der Waals surface area contributed by atoms with Gasteiger partial charge in [-0.25, -0.2) is 0 Å². The molecule has 1 amide bonds. The highest BCUT2D eigenvalue weighted by atomic mass is 19.4. The summed E-state index contributed by atoms with van der Waals surface area (Å²) in [7, 11) is 1.56. The average Bonchev–Trinajstić information content (AvgIpc) is 2.72. The van der Waals surface area contributed by atoms with Crippen LogP contribution in [0, 0.1) is 5.92 Å². The summed E-state index contributed by atoms with van der Waals surface area (Å²) in [5, 5.41) is 0. The third kappa shape index (κ3) is 5.28. The molecule has 0 unspecified atom stereocenters. The largest absolute Gasteiger partial charge is 0.573 e. The summed E-state index contributed by atoms with van der Waals surface area (Å²) in [6.45, 7) is 0.818. The second-order valence-electron chi connectivity index (χ2n) is 6.73. The van der Waals surface area contributed by atoms with Gasteiger partial charge in [0.1, 0.15) is 11.5 Å². The van der Waals surface area contributed by atoms with E-state index in [-0.39, 0.29) is 28.9 Å². The number of benzene rings is 2. The number of nitrogens with zero attached hydrogens (tertiary/aromatic N) is 1. The zero-order valence-electron chi connectivity index (χ0n) is 15.7. The molecule has 1 fully saturated rings. The summed E-state index contributed by atoms with van der Waals surface area (Å²) in [6.07, 6.45) is -3.71. The van der Waals surface area contributed by atoms with Gasteiger partial charge in [-0.2, -0.15) is 0 Å². The van der Waals surface area contributed by atoms with E-state index in [0.29, 0.717) is 37.2 Å². The average molecular weight is 407 g/mol. The predicted molar refractivity (Wildman–Crippen MR) is 99.1 cm³/mol. The highest BCUT2D eigenvalue weighted by molar-refractivity contribution is 5.98. The molecule has 1 heterocycles. The van der Waals surface area contributed by atoms with Crippen LogP contribution < -0.4 is 9.47 Å². The normalized spacial score (nSPS) is 15.1. The smallest absolute Gasteiger partial charge is 0.497 e. The molecule has 0 atom stereocenters. The van der Waals surface area contributed by atoms with Crippen molar-refractivity contribution in [3.8, 4) is 11.5 Å². The third-order valence-corrected chi connectivity index (χ3v) is 4.86. The molecule has 0 aromatic heterocycles. The molecule has 2 aromatic rings. The Kier molecular flexibility index (Phi) is 6.10. The second-order valence-corrected chi connectivity index (χ2v) is 6.73. The number of Topliss-reactive ketones (excluding diaryl/α,β-unsaturated/α-hetero) is 1. The Hall–Kier alpha value is -3.03. The number of likely N-dealkylation sites (tertiary alicyclic amines) is 1. The number of rotatable bonds is 5. The van der Waals surface area contributed by atoms with Crippen LogP contribution in [0.2, 0.25) is 0 Å². The Bertz CT molecular complexity index is 855. The van der Waals surface area contributed by atoms with Gasteiger partial charge in [0.15, 0.2) is 5.78 Å². The number of alkyl halides is 3. The first-order chi connectivity index (χ1) is 13.8.